The minimum absolute atomic E-state index is 0.0717. The summed E-state index contributed by atoms with van der Waals surface area (Å²) >= 11 is 1.61. The van der Waals surface area contributed by atoms with Crippen molar-refractivity contribution in [1.29, 1.82) is 0 Å². The van der Waals surface area contributed by atoms with Crippen molar-refractivity contribution in [1.82, 2.24) is 0 Å². The highest BCUT2D eigenvalue weighted by Gasteiger charge is 2.56. The molecule has 0 bridgehead atoms. The third-order valence-electron chi connectivity index (χ3n) is 9.84. The van der Waals surface area contributed by atoms with E-state index in [1.807, 2.05) is 0 Å². The Kier molecular flexibility index (Phi) is 9.18. The van der Waals surface area contributed by atoms with Crippen LogP contribution in [0.4, 0.5) is 8.78 Å². The van der Waals surface area contributed by atoms with Crippen LogP contribution in [0, 0.1) is 29.6 Å². The molecule has 2 nitrogen and oxygen atoms in total. The number of rotatable bonds is 11. The van der Waals surface area contributed by atoms with Crippen LogP contribution >= 0.6 is 11.8 Å². The number of fused-ring (bicyclic) bond motifs is 3. The van der Waals surface area contributed by atoms with Crippen molar-refractivity contribution >= 4 is 11.8 Å². The molecule has 0 amide bonds. The molecule has 0 aromatic carbocycles. The molecule has 0 spiro atoms. The second-order valence-electron chi connectivity index (χ2n) is 12.4. The van der Waals surface area contributed by atoms with E-state index in [4.69, 9.17) is 9.47 Å². The Labute approximate surface area is 211 Å². The highest BCUT2D eigenvalue weighted by Crippen LogP contribution is 2.56. The fourth-order valence-corrected chi connectivity index (χ4v) is 9.50. The Morgan fingerprint density at radius 2 is 1.12 bits per heavy atom. The molecule has 5 heteroatoms. The summed E-state index contributed by atoms with van der Waals surface area (Å²) in [5, 5.41) is -0.148. The molecule has 0 aromatic rings. The van der Waals surface area contributed by atoms with Crippen molar-refractivity contribution in [3.63, 3.8) is 0 Å². The SMILES string of the molecule is CCCCCCC1CCC(COC2CCC3C4CCC(OCC5CC5)C(F)C4SC3C2F)CC1. The molecule has 5 rings (SSSR count). The molecule has 8 atom stereocenters. The van der Waals surface area contributed by atoms with Gasteiger partial charge in [0, 0.05) is 23.7 Å². The number of hydrogen-bond donors (Lipinski definition) is 0. The lowest BCUT2D eigenvalue weighted by Crippen LogP contribution is -2.45. The maximum atomic E-state index is 15.6. The summed E-state index contributed by atoms with van der Waals surface area (Å²) in [6.07, 6.45) is 15.7. The van der Waals surface area contributed by atoms with E-state index in [2.05, 4.69) is 6.92 Å². The lowest BCUT2D eigenvalue weighted by atomic mass is 9.71. The van der Waals surface area contributed by atoms with Crippen LogP contribution in [0.25, 0.3) is 0 Å². The largest absolute Gasteiger partial charge is 0.375 e. The van der Waals surface area contributed by atoms with E-state index >= 15 is 8.78 Å². The molecule has 0 N–H and O–H groups in total. The van der Waals surface area contributed by atoms with Crippen molar-refractivity contribution in [2.75, 3.05) is 13.2 Å². The summed E-state index contributed by atoms with van der Waals surface area (Å²) in [7, 11) is 0. The van der Waals surface area contributed by atoms with Crippen molar-refractivity contribution < 1.29 is 18.3 Å². The summed E-state index contributed by atoms with van der Waals surface area (Å²) in [5.41, 5.74) is 0. The minimum atomic E-state index is -0.942. The molecule has 1 heterocycles. The van der Waals surface area contributed by atoms with Crippen molar-refractivity contribution in [2.45, 2.75) is 138 Å². The predicted molar refractivity (Wildman–Crippen MR) is 137 cm³/mol. The third kappa shape index (κ3) is 6.15. The van der Waals surface area contributed by atoms with E-state index in [1.165, 1.54) is 70.6 Å². The molecule has 8 unspecified atom stereocenters. The fourth-order valence-electron chi connectivity index (χ4n) is 7.41. The van der Waals surface area contributed by atoms with Crippen LogP contribution < -0.4 is 0 Å². The van der Waals surface area contributed by atoms with Gasteiger partial charge in [0.15, 0.2) is 0 Å². The van der Waals surface area contributed by atoms with Crippen LogP contribution in [0.5, 0.6) is 0 Å². The minimum Gasteiger partial charge on any atom is -0.375 e. The summed E-state index contributed by atoms with van der Waals surface area (Å²) in [6, 6.07) is 0. The first-order chi connectivity index (χ1) is 16.6. The third-order valence-corrected chi connectivity index (χ3v) is 11.7. The molecule has 1 saturated heterocycles. The van der Waals surface area contributed by atoms with Gasteiger partial charge < -0.3 is 9.47 Å². The van der Waals surface area contributed by atoms with E-state index < -0.39 is 12.3 Å². The topological polar surface area (TPSA) is 18.5 Å². The molecule has 4 saturated carbocycles. The van der Waals surface area contributed by atoms with Crippen LogP contribution in [0.2, 0.25) is 0 Å². The Morgan fingerprint density at radius 3 is 1.62 bits per heavy atom. The normalized spacial score (nSPS) is 44.6. The van der Waals surface area contributed by atoms with Gasteiger partial charge in [-0.25, -0.2) is 8.78 Å². The van der Waals surface area contributed by atoms with Crippen LogP contribution in [-0.4, -0.2) is 48.3 Å². The predicted octanol–water partition coefficient (Wildman–Crippen LogP) is 7.92. The monoisotopic (exact) mass is 498 g/mol. The molecule has 4 aliphatic carbocycles. The number of alkyl halides is 2. The van der Waals surface area contributed by atoms with Gasteiger partial charge in [-0.1, -0.05) is 51.9 Å². The van der Waals surface area contributed by atoms with Crippen LogP contribution in [-0.2, 0) is 9.47 Å². The lowest BCUT2D eigenvalue weighted by Gasteiger charge is -2.39. The Bertz CT molecular complexity index is 623. The quantitative estimate of drug-likeness (QED) is 0.270. The first kappa shape index (κ1) is 25.8. The maximum absolute atomic E-state index is 15.6. The zero-order valence-corrected chi connectivity index (χ0v) is 22.2. The number of hydrogen-bond acceptors (Lipinski definition) is 3. The van der Waals surface area contributed by atoms with Gasteiger partial charge in [-0.15, -0.1) is 11.8 Å². The Hall–Kier alpha value is 0.130. The number of ether oxygens (including phenoxy) is 2. The molecule has 0 radical (unpaired) electrons. The zero-order chi connectivity index (χ0) is 23.5. The summed E-state index contributed by atoms with van der Waals surface area (Å²) in [4.78, 5) is 0. The molecule has 196 valence electrons. The van der Waals surface area contributed by atoms with Gasteiger partial charge in [0.1, 0.15) is 12.3 Å². The van der Waals surface area contributed by atoms with Crippen molar-refractivity contribution in [3.05, 3.63) is 0 Å². The molecular weight excluding hydrogens is 450 g/mol. The first-order valence-corrected chi connectivity index (χ1v) is 15.7. The lowest BCUT2D eigenvalue weighted by molar-refractivity contribution is -0.0646. The summed E-state index contributed by atoms with van der Waals surface area (Å²) in [6.45, 7) is 3.73. The average Bonchev–Trinajstić information content (AvgIpc) is 3.60. The molecule has 5 fully saturated rings. The molecule has 0 aromatic heterocycles. The molecule has 1 aliphatic heterocycles. The second-order valence-corrected chi connectivity index (χ2v) is 13.7. The summed E-state index contributed by atoms with van der Waals surface area (Å²) in [5.74, 6) is 2.84. The van der Waals surface area contributed by atoms with E-state index in [0.29, 0.717) is 23.7 Å². The van der Waals surface area contributed by atoms with Gasteiger partial charge >= 0.3 is 0 Å². The van der Waals surface area contributed by atoms with Gasteiger partial charge in [0.05, 0.1) is 12.2 Å². The van der Waals surface area contributed by atoms with Crippen LogP contribution in [0.3, 0.4) is 0 Å². The first-order valence-electron chi connectivity index (χ1n) is 14.8. The number of halogens is 2. The fraction of sp³-hybridized carbons (Fsp3) is 1.00. The van der Waals surface area contributed by atoms with E-state index in [-0.39, 0.29) is 22.7 Å². The Morgan fingerprint density at radius 1 is 0.618 bits per heavy atom. The standard InChI is InChI=1S/C29H48F2O2S/c1-2-3-4-5-6-19-7-9-20(10-8-19)17-32-24-15-13-22-23-14-16-25(33-18-21-11-12-21)27(31)29(23)34-28(22)26(24)30/h19-29H,2-18H2,1H3. The van der Waals surface area contributed by atoms with Gasteiger partial charge in [0.2, 0.25) is 0 Å². The average molecular weight is 499 g/mol. The van der Waals surface area contributed by atoms with Gasteiger partial charge in [0.25, 0.3) is 0 Å². The van der Waals surface area contributed by atoms with Crippen LogP contribution in [0.15, 0.2) is 0 Å². The van der Waals surface area contributed by atoms with Gasteiger partial charge in [-0.2, -0.15) is 0 Å². The number of unbranched alkanes of at least 4 members (excludes halogenated alkanes) is 3. The molecule has 34 heavy (non-hydrogen) atoms. The Balaban J connectivity index is 1.04. The zero-order valence-electron chi connectivity index (χ0n) is 21.4. The van der Waals surface area contributed by atoms with Crippen LogP contribution in [0.1, 0.15) is 103 Å². The summed E-state index contributed by atoms with van der Waals surface area (Å²) < 4.78 is 43.3. The van der Waals surface area contributed by atoms with Gasteiger partial charge in [-0.05, 0) is 81.0 Å². The highest BCUT2D eigenvalue weighted by atomic mass is 32.2. The molecular formula is C29H48F2O2S. The maximum Gasteiger partial charge on any atom is 0.138 e. The smallest absolute Gasteiger partial charge is 0.138 e. The van der Waals surface area contributed by atoms with Crippen molar-refractivity contribution in [3.8, 4) is 0 Å². The second kappa shape index (κ2) is 12.1. The van der Waals surface area contributed by atoms with E-state index in [9.17, 15) is 0 Å². The van der Waals surface area contributed by atoms with Crippen molar-refractivity contribution in [2.24, 2.45) is 29.6 Å². The highest BCUT2D eigenvalue weighted by molar-refractivity contribution is 8.00. The van der Waals surface area contributed by atoms with E-state index in [1.54, 1.807) is 11.8 Å². The van der Waals surface area contributed by atoms with Gasteiger partial charge in [-0.3, -0.25) is 0 Å². The van der Waals surface area contributed by atoms with E-state index in [0.717, 1.165) is 44.8 Å². The number of thioether (sulfide) groups is 1. The molecule has 5 aliphatic rings.